The van der Waals surface area contributed by atoms with Crippen LogP contribution in [0.1, 0.15) is 52.1 Å². The number of hydrogen-bond donors (Lipinski definition) is 1. The normalized spacial score (nSPS) is 14.0. The van der Waals surface area contributed by atoms with Gasteiger partial charge in [-0.15, -0.1) is 0 Å². The van der Waals surface area contributed by atoms with Crippen LogP contribution in [0.15, 0.2) is 42.6 Å². The molecule has 3 aromatic rings. The molecule has 4 rings (SSSR count). The average Bonchev–Trinajstić information content (AvgIpc) is 3.06. The maximum Gasteiger partial charge on any atom is 0.253 e. The average molecular weight is 404 g/mol. The van der Waals surface area contributed by atoms with Crippen LogP contribution in [0.3, 0.4) is 0 Å². The van der Waals surface area contributed by atoms with Crippen molar-refractivity contribution < 1.29 is 4.79 Å². The predicted octanol–water partition coefficient (Wildman–Crippen LogP) is 4.11. The Morgan fingerprint density at radius 1 is 1.00 bits per heavy atom. The van der Waals surface area contributed by atoms with E-state index in [-0.39, 0.29) is 5.91 Å². The summed E-state index contributed by atoms with van der Waals surface area (Å²) >= 11 is 0. The summed E-state index contributed by atoms with van der Waals surface area (Å²) in [4.78, 5) is 19.4. The van der Waals surface area contributed by atoms with Crippen LogP contribution in [-0.4, -0.2) is 33.8 Å². The van der Waals surface area contributed by atoms with Gasteiger partial charge in [-0.25, -0.2) is 9.67 Å². The van der Waals surface area contributed by atoms with Gasteiger partial charge < -0.3 is 10.2 Å². The summed E-state index contributed by atoms with van der Waals surface area (Å²) < 4.78 is 1.82. The van der Waals surface area contributed by atoms with Crippen LogP contribution in [0.2, 0.25) is 0 Å². The van der Waals surface area contributed by atoms with E-state index in [4.69, 9.17) is 0 Å². The summed E-state index contributed by atoms with van der Waals surface area (Å²) in [6.07, 6.45) is 5.47. The van der Waals surface area contributed by atoms with Crippen LogP contribution in [0.25, 0.3) is 5.82 Å². The first-order chi connectivity index (χ1) is 14.5. The zero-order chi connectivity index (χ0) is 21.1. The van der Waals surface area contributed by atoms with Crippen molar-refractivity contribution in [1.82, 2.24) is 20.1 Å². The van der Waals surface area contributed by atoms with Crippen LogP contribution >= 0.6 is 0 Å². The lowest BCUT2D eigenvalue weighted by atomic mass is 10.1. The van der Waals surface area contributed by atoms with Gasteiger partial charge in [-0.3, -0.25) is 4.79 Å². The molecule has 0 unspecified atom stereocenters. The largest absolute Gasteiger partial charge is 0.372 e. The fraction of sp³-hybridized carbons (Fsp3) is 0.375. The number of anilines is 1. The van der Waals surface area contributed by atoms with Crippen molar-refractivity contribution in [1.29, 1.82) is 0 Å². The van der Waals surface area contributed by atoms with E-state index in [0.717, 1.165) is 35.6 Å². The van der Waals surface area contributed by atoms with E-state index in [1.165, 1.54) is 24.9 Å². The topological polar surface area (TPSA) is 63.1 Å². The Morgan fingerprint density at radius 3 is 2.33 bits per heavy atom. The van der Waals surface area contributed by atoms with Crippen LogP contribution in [0.5, 0.6) is 0 Å². The molecule has 0 radical (unpaired) electrons. The lowest BCUT2D eigenvalue weighted by molar-refractivity contribution is 0.0950. The Bertz CT molecular complexity index is 1010. The van der Waals surface area contributed by atoms with Crippen molar-refractivity contribution in [2.75, 3.05) is 18.0 Å². The third-order valence-electron chi connectivity index (χ3n) is 5.99. The van der Waals surface area contributed by atoms with Crippen LogP contribution < -0.4 is 10.2 Å². The smallest absolute Gasteiger partial charge is 0.253 e. The number of benzene rings is 1. The highest BCUT2D eigenvalue weighted by molar-refractivity contribution is 5.93. The van der Waals surface area contributed by atoms with E-state index >= 15 is 0 Å². The molecule has 1 aromatic carbocycles. The predicted molar refractivity (Wildman–Crippen MR) is 119 cm³/mol. The second-order valence-corrected chi connectivity index (χ2v) is 8.01. The molecule has 1 fully saturated rings. The number of piperidine rings is 1. The first-order valence-electron chi connectivity index (χ1n) is 10.6. The lowest BCUT2D eigenvalue weighted by Gasteiger charge is -2.28. The standard InChI is InChI=1S/C24H29N5O/c1-17-18(2)27-29(19(17)3)23-12-9-21(16-25-23)24(30)26-15-20-7-10-22(11-8-20)28-13-5-4-6-14-28/h7-12,16H,4-6,13-15H2,1-3H3,(H,26,30). The molecule has 6 heteroatoms. The molecule has 0 bridgehead atoms. The molecule has 3 heterocycles. The molecule has 0 saturated carbocycles. The first kappa shape index (κ1) is 20.1. The van der Waals surface area contributed by atoms with Crippen molar-refractivity contribution in [3.8, 4) is 5.82 Å². The Labute approximate surface area is 177 Å². The van der Waals surface area contributed by atoms with E-state index in [9.17, 15) is 4.79 Å². The number of rotatable bonds is 5. The van der Waals surface area contributed by atoms with Gasteiger partial charge in [0.1, 0.15) is 0 Å². The number of nitrogens with one attached hydrogen (secondary N) is 1. The first-order valence-corrected chi connectivity index (χ1v) is 10.6. The molecule has 1 aliphatic rings. The third-order valence-corrected chi connectivity index (χ3v) is 5.99. The minimum Gasteiger partial charge on any atom is -0.372 e. The SMILES string of the molecule is Cc1nn(-c2ccc(C(=O)NCc3ccc(N4CCCCC4)cc3)cn2)c(C)c1C. The Hall–Kier alpha value is -3.15. The monoisotopic (exact) mass is 403 g/mol. The number of carbonyl (C=O) groups excluding carboxylic acids is 1. The van der Waals surface area contributed by atoms with Crippen LogP contribution in [0, 0.1) is 20.8 Å². The van der Waals surface area contributed by atoms with Crippen molar-refractivity contribution in [3.63, 3.8) is 0 Å². The van der Waals surface area contributed by atoms with Gasteiger partial charge >= 0.3 is 0 Å². The van der Waals surface area contributed by atoms with E-state index in [1.54, 1.807) is 12.3 Å². The summed E-state index contributed by atoms with van der Waals surface area (Å²) in [5, 5.41) is 7.50. The van der Waals surface area contributed by atoms with Gasteiger partial charge in [-0.2, -0.15) is 5.10 Å². The molecule has 6 nitrogen and oxygen atoms in total. The highest BCUT2D eigenvalue weighted by atomic mass is 16.1. The molecule has 0 aliphatic carbocycles. The highest BCUT2D eigenvalue weighted by Crippen LogP contribution is 2.20. The fourth-order valence-electron chi connectivity index (χ4n) is 3.85. The molecule has 2 aromatic heterocycles. The molecule has 1 N–H and O–H groups in total. The fourth-order valence-corrected chi connectivity index (χ4v) is 3.85. The summed E-state index contributed by atoms with van der Waals surface area (Å²) in [5.74, 6) is 0.590. The van der Waals surface area contributed by atoms with E-state index in [2.05, 4.69) is 51.5 Å². The number of pyridine rings is 1. The number of carbonyl (C=O) groups is 1. The zero-order valence-corrected chi connectivity index (χ0v) is 18.0. The maximum absolute atomic E-state index is 12.5. The minimum absolute atomic E-state index is 0.126. The van der Waals surface area contributed by atoms with E-state index in [1.807, 2.05) is 24.6 Å². The zero-order valence-electron chi connectivity index (χ0n) is 18.0. The summed E-state index contributed by atoms with van der Waals surface area (Å²) in [6.45, 7) is 8.83. The lowest BCUT2D eigenvalue weighted by Crippen LogP contribution is -2.29. The van der Waals surface area contributed by atoms with Crippen LogP contribution in [0.4, 0.5) is 5.69 Å². The minimum atomic E-state index is -0.126. The van der Waals surface area contributed by atoms with Gasteiger partial charge in [0.05, 0.1) is 11.3 Å². The van der Waals surface area contributed by atoms with Gasteiger partial charge in [0.15, 0.2) is 5.82 Å². The second kappa shape index (κ2) is 8.69. The summed E-state index contributed by atoms with van der Waals surface area (Å²) in [5.41, 5.74) is 6.11. The summed E-state index contributed by atoms with van der Waals surface area (Å²) in [7, 11) is 0. The third kappa shape index (κ3) is 4.22. The van der Waals surface area contributed by atoms with Gasteiger partial charge in [0.2, 0.25) is 0 Å². The number of hydrogen-bond acceptors (Lipinski definition) is 4. The van der Waals surface area contributed by atoms with E-state index in [0.29, 0.717) is 17.9 Å². The molecule has 0 atom stereocenters. The number of aryl methyl sites for hydroxylation is 1. The Morgan fingerprint density at radius 2 is 1.73 bits per heavy atom. The number of nitrogens with zero attached hydrogens (tertiary/aromatic N) is 4. The Kier molecular flexibility index (Phi) is 5.84. The number of aromatic nitrogens is 3. The molecule has 1 saturated heterocycles. The Balaban J connectivity index is 1.36. The van der Waals surface area contributed by atoms with Gasteiger partial charge in [0, 0.05) is 37.2 Å². The van der Waals surface area contributed by atoms with Gasteiger partial charge in [-0.05, 0) is 75.4 Å². The molecule has 1 aliphatic heterocycles. The highest BCUT2D eigenvalue weighted by Gasteiger charge is 2.13. The van der Waals surface area contributed by atoms with Crippen LogP contribution in [-0.2, 0) is 6.54 Å². The van der Waals surface area contributed by atoms with Crippen molar-refractivity contribution >= 4 is 11.6 Å². The molecule has 1 amide bonds. The second-order valence-electron chi connectivity index (χ2n) is 8.01. The summed E-state index contributed by atoms with van der Waals surface area (Å²) in [6, 6.07) is 12.1. The van der Waals surface area contributed by atoms with Crippen molar-refractivity contribution in [3.05, 3.63) is 70.7 Å². The van der Waals surface area contributed by atoms with E-state index < -0.39 is 0 Å². The van der Waals surface area contributed by atoms with Gasteiger partial charge in [0.25, 0.3) is 5.91 Å². The molecule has 30 heavy (non-hydrogen) atoms. The quantitative estimate of drug-likeness (QED) is 0.696. The molecular weight excluding hydrogens is 374 g/mol. The molecule has 156 valence electrons. The van der Waals surface area contributed by atoms with Crippen molar-refractivity contribution in [2.24, 2.45) is 0 Å². The van der Waals surface area contributed by atoms with Crippen molar-refractivity contribution in [2.45, 2.75) is 46.6 Å². The molecule has 0 spiro atoms. The van der Waals surface area contributed by atoms with Gasteiger partial charge in [-0.1, -0.05) is 12.1 Å². The number of amides is 1. The maximum atomic E-state index is 12.5. The molecular formula is C24H29N5O.